The summed E-state index contributed by atoms with van der Waals surface area (Å²) in [5.41, 5.74) is 3.76. The zero-order valence-electron chi connectivity index (χ0n) is 12.7. The smallest absolute Gasteiger partial charge is 0.224 e. The molecule has 0 aliphatic rings. The third kappa shape index (κ3) is 3.81. The van der Waals surface area contributed by atoms with Crippen molar-refractivity contribution in [1.29, 1.82) is 0 Å². The molecule has 0 amide bonds. The average Bonchev–Trinajstić information content (AvgIpc) is 2.53. The highest BCUT2D eigenvalue weighted by atomic mass is 15.1. The van der Waals surface area contributed by atoms with E-state index in [2.05, 4.69) is 59.2 Å². The number of benzene rings is 1. The SMILES string of the molecule is C=CCNc1nccc(Nc2c(CC)cccc2CC)n1. The fraction of sp³-hybridized carbons (Fsp3) is 0.294. The quantitative estimate of drug-likeness (QED) is 0.755. The van der Waals surface area contributed by atoms with Crippen LogP contribution in [0.15, 0.2) is 43.1 Å². The molecule has 0 bridgehead atoms. The van der Waals surface area contributed by atoms with Crippen LogP contribution in [-0.4, -0.2) is 16.5 Å². The summed E-state index contributed by atoms with van der Waals surface area (Å²) in [6.07, 6.45) is 5.51. The number of nitrogens with zero attached hydrogens (tertiary/aromatic N) is 2. The summed E-state index contributed by atoms with van der Waals surface area (Å²) < 4.78 is 0. The molecule has 0 unspecified atom stereocenters. The van der Waals surface area contributed by atoms with Gasteiger partial charge in [0.15, 0.2) is 0 Å². The Hall–Kier alpha value is -2.36. The Kier molecular flexibility index (Phi) is 5.32. The van der Waals surface area contributed by atoms with Gasteiger partial charge in [-0.15, -0.1) is 6.58 Å². The molecule has 0 fully saturated rings. The van der Waals surface area contributed by atoms with Crippen LogP contribution in [0.25, 0.3) is 0 Å². The molecule has 0 spiro atoms. The van der Waals surface area contributed by atoms with Crippen LogP contribution in [-0.2, 0) is 12.8 Å². The Bertz CT molecular complexity index is 585. The van der Waals surface area contributed by atoms with E-state index in [9.17, 15) is 0 Å². The number of aromatic nitrogens is 2. The van der Waals surface area contributed by atoms with Gasteiger partial charge in [-0.2, -0.15) is 4.98 Å². The molecule has 0 aliphatic carbocycles. The summed E-state index contributed by atoms with van der Waals surface area (Å²) in [4.78, 5) is 8.67. The first-order chi connectivity index (χ1) is 10.3. The van der Waals surface area contributed by atoms with Crippen LogP contribution in [0.2, 0.25) is 0 Å². The van der Waals surface area contributed by atoms with Gasteiger partial charge >= 0.3 is 0 Å². The van der Waals surface area contributed by atoms with Crippen molar-refractivity contribution >= 4 is 17.5 Å². The van der Waals surface area contributed by atoms with Crippen molar-refractivity contribution in [3.8, 4) is 0 Å². The molecule has 4 nitrogen and oxygen atoms in total. The van der Waals surface area contributed by atoms with E-state index < -0.39 is 0 Å². The van der Waals surface area contributed by atoms with Gasteiger partial charge in [0, 0.05) is 18.4 Å². The largest absolute Gasteiger partial charge is 0.351 e. The van der Waals surface area contributed by atoms with Gasteiger partial charge in [0.25, 0.3) is 0 Å². The second-order valence-electron chi connectivity index (χ2n) is 4.72. The Balaban J connectivity index is 2.27. The third-order valence-electron chi connectivity index (χ3n) is 3.31. The fourth-order valence-corrected chi connectivity index (χ4v) is 2.21. The van der Waals surface area contributed by atoms with Crippen LogP contribution in [0.3, 0.4) is 0 Å². The van der Waals surface area contributed by atoms with Crippen molar-refractivity contribution in [3.05, 3.63) is 54.2 Å². The zero-order valence-corrected chi connectivity index (χ0v) is 12.7. The second kappa shape index (κ2) is 7.43. The molecule has 1 heterocycles. The standard InChI is InChI=1S/C17H22N4/c1-4-11-18-17-19-12-10-15(21-17)20-16-13(5-2)8-7-9-14(16)6-3/h4,7-10,12H,1,5-6,11H2,2-3H3,(H2,18,19,20,21). The Labute approximate surface area is 126 Å². The molecule has 1 aromatic heterocycles. The van der Waals surface area contributed by atoms with Crippen molar-refractivity contribution in [3.63, 3.8) is 0 Å². The lowest BCUT2D eigenvalue weighted by molar-refractivity contribution is 1.08. The molecule has 0 saturated heterocycles. The highest BCUT2D eigenvalue weighted by molar-refractivity contribution is 5.65. The monoisotopic (exact) mass is 282 g/mol. The van der Waals surface area contributed by atoms with E-state index in [4.69, 9.17) is 0 Å². The Morgan fingerprint density at radius 2 is 1.86 bits per heavy atom. The van der Waals surface area contributed by atoms with Crippen LogP contribution < -0.4 is 10.6 Å². The average molecular weight is 282 g/mol. The van der Waals surface area contributed by atoms with Crippen LogP contribution in [0.1, 0.15) is 25.0 Å². The van der Waals surface area contributed by atoms with E-state index in [1.54, 1.807) is 12.3 Å². The van der Waals surface area contributed by atoms with Gasteiger partial charge in [-0.1, -0.05) is 38.1 Å². The highest BCUT2D eigenvalue weighted by Crippen LogP contribution is 2.25. The zero-order chi connectivity index (χ0) is 15.1. The van der Waals surface area contributed by atoms with Crippen molar-refractivity contribution in [2.45, 2.75) is 26.7 Å². The molecule has 0 saturated carbocycles. The maximum atomic E-state index is 4.48. The van der Waals surface area contributed by atoms with Gasteiger partial charge in [-0.05, 0) is 30.0 Å². The van der Waals surface area contributed by atoms with Crippen molar-refractivity contribution < 1.29 is 0 Å². The molecular weight excluding hydrogens is 260 g/mol. The summed E-state index contributed by atoms with van der Waals surface area (Å²) >= 11 is 0. The molecule has 0 atom stereocenters. The summed E-state index contributed by atoms with van der Waals surface area (Å²) in [7, 11) is 0. The summed E-state index contributed by atoms with van der Waals surface area (Å²) in [5.74, 6) is 1.40. The van der Waals surface area contributed by atoms with E-state index in [1.807, 2.05) is 6.07 Å². The van der Waals surface area contributed by atoms with Gasteiger partial charge in [-0.3, -0.25) is 0 Å². The Morgan fingerprint density at radius 3 is 2.48 bits per heavy atom. The van der Waals surface area contributed by atoms with Crippen LogP contribution >= 0.6 is 0 Å². The molecule has 0 aliphatic heterocycles. The van der Waals surface area contributed by atoms with Crippen molar-refractivity contribution in [2.75, 3.05) is 17.2 Å². The lowest BCUT2D eigenvalue weighted by Crippen LogP contribution is -2.06. The molecule has 1 aromatic carbocycles. The minimum absolute atomic E-state index is 0.604. The molecule has 0 radical (unpaired) electrons. The molecule has 2 rings (SSSR count). The topological polar surface area (TPSA) is 49.8 Å². The van der Waals surface area contributed by atoms with E-state index in [0.29, 0.717) is 12.5 Å². The number of aryl methyl sites for hydroxylation is 2. The van der Waals surface area contributed by atoms with Gasteiger partial charge in [0.1, 0.15) is 5.82 Å². The number of anilines is 3. The second-order valence-corrected chi connectivity index (χ2v) is 4.72. The predicted octanol–water partition coefficient (Wildman–Crippen LogP) is 3.94. The lowest BCUT2D eigenvalue weighted by atomic mass is 10.0. The first kappa shape index (κ1) is 15.0. The van der Waals surface area contributed by atoms with Gasteiger partial charge in [-0.25, -0.2) is 4.98 Å². The van der Waals surface area contributed by atoms with Gasteiger partial charge in [0.2, 0.25) is 5.95 Å². The molecular formula is C17H22N4. The van der Waals surface area contributed by atoms with E-state index in [0.717, 1.165) is 24.3 Å². The molecule has 2 N–H and O–H groups in total. The number of rotatable bonds is 7. The van der Waals surface area contributed by atoms with Crippen LogP contribution in [0, 0.1) is 0 Å². The first-order valence-corrected chi connectivity index (χ1v) is 7.34. The normalized spacial score (nSPS) is 10.2. The van der Waals surface area contributed by atoms with Gasteiger partial charge < -0.3 is 10.6 Å². The number of para-hydroxylation sites is 1. The molecule has 110 valence electrons. The lowest BCUT2D eigenvalue weighted by Gasteiger charge is -2.15. The summed E-state index contributed by atoms with van der Waals surface area (Å²) in [5, 5.41) is 6.54. The molecule has 2 aromatic rings. The van der Waals surface area contributed by atoms with Gasteiger partial charge in [0.05, 0.1) is 0 Å². The number of nitrogens with one attached hydrogen (secondary N) is 2. The highest BCUT2D eigenvalue weighted by Gasteiger charge is 2.07. The van der Waals surface area contributed by atoms with E-state index in [1.165, 1.54) is 11.1 Å². The van der Waals surface area contributed by atoms with Crippen molar-refractivity contribution in [2.24, 2.45) is 0 Å². The third-order valence-corrected chi connectivity index (χ3v) is 3.31. The maximum absolute atomic E-state index is 4.48. The summed E-state index contributed by atoms with van der Waals surface area (Å²) in [6.45, 7) is 8.65. The minimum Gasteiger partial charge on any atom is -0.351 e. The van der Waals surface area contributed by atoms with Crippen LogP contribution in [0.5, 0.6) is 0 Å². The van der Waals surface area contributed by atoms with E-state index in [-0.39, 0.29) is 0 Å². The number of hydrogen-bond acceptors (Lipinski definition) is 4. The molecule has 4 heteroatoms. The predicted molar refractivity (Wildman–Crippen MR) is 89.2 cm³/mol. The first-order valence-electron chi connectivity index (χ1n) is 7.34. The maximum Gasteiger partial charge on any atom is 0.224 e. The van der Waals surface area contributed by atoms with Crippen molar-refractivity contribution in [1.82, 2.24) is 9.97 Å². The molecule has 21 heavy (non-hydrogen) atoms. The Morgan fingerprint density at radius 1 is 1.14 bits per heavy atom. The number of hydrogen-bond donors (Lipinski definition) is 2. The van der Waals surface area contributed by atoms with E-state index >= 15 is 0 Å². The minimum atomic E-state index is 0.604. The fourth-order valence-electron chi connectivity index (χ4n) is 2.21. The summed E-state index contributed by atoms with van der Waals surface area (Å²) in [6, 6.07) is 8.30. The van der Waals surface area contributed by atoms with Crippen LogP contribution in [0.4, 0.5) is 17.5 Å².